The van der Waals surface area contributed by atoms with Gasteiger partial charge in [-0.15, -0.1) is 0 Å². The van der Waals surface area contributed by atoms with Crippen molar-refractivity contribution in [3.8, 4) is 0 Å². The molecule has 0 radical (unpaired) electrons. The number of allylic oxidation sites excluding steroid dienone is 2. The molecule has 53 heavy (non-hydrogen) atoms. The lowest BCUT2D eigenvalue weighted by molar-refractivity contribution is -0.332. The Morgan fingerprint density at radius 3 is 1.77 bits per heavy atom. The maximum absolute atomic E-state index is 12.8. The van der Waals surface area contributed by atoms with Crippen LogP contribution in [-0.4, -0.2) is 142 Å². The number of hydrogen-bond acceptors (Lipinski definition) is 14. The van der Waals surface area contributed by atoms with Gasteiger partial charge in [0.15, 0.2) is 12.6 Å². The lowest BCUT2D eigenvalue weighted by atomic mass is 9.98. The van der Waals surface area contributed by atoms with Gasteiger partial charge in [-0.25, -0.2) is 0 Å². The van der Waals surface area contributed by atoms with E-state index in [1.807, 2.05) is 0 Å². The van der Waals surface area contributed by atoms with Crippen LogP contribution < -0.4 is 0 Å². The maximum Gasteiger partial charge on any atom is 0.306 e. The summed E-state index contributed by atoms with van der Waals surface area (Å²) in [5.41, 5.74) is 0. The number of aliphatic hydroxyl groups excluding tert-OH is 7. The number of hydrogen-bond donors (Lipinski definition) is 7. The highest BCUT2D eigenvalue weighted by Crippen LogP contribution is 2.26. The van der Waals surface area contributed by atoms with Crippen LogP contribution in [0.4, 0.5) is 0 Å². The number of esters is 1. The van der Waals surface area contributed by atoms with E-state index in [0.29, 0.717) is 13.0 Å². The molecule has 0 aromatic heterocycles. The van der Waals surface area contributed by atoms with Crippen LogP contribution >= 0.6 is 0 Å². The van der Waals surface area contributed by atoms with Gasteiger partial charge in [0.2, 0.25) is 0 Å². The van der Waals surface area contributed by atoms with E-state index in [2.05, 4.69) is 26.0 Å². The van der Waals surface area contributed by atoms with Gasteiger partial charge in [0.05, 0.1) is 26.4 Å². The van der Waals surface area contributed by atoms with Crippen LogP contribution in [-0.2, 0) is 33.2 Å². The Labute approximate surface area is 316 Å². The summed E-state index contributed by atoms with van der Waals surface area (Å²) in [5.74, 6) is -0.389. The van der Waals surface area contributed by atoms with Crippen molar-refractivity contribution < 1.29 is 69.0 Å². The van der Waals surface area contributed by atoms with Crippen molar-refractivity contribution in [1.29, 1.82) is 0 Å². The van der Waals surface area contributed by atoms with Gasteiger partial charge in [-0.3, -0.25) is 4.79 Å². The number of carbonyl (C=O) groups excluding carboxylic acids is 1. The van der Waals surface area contributed by atoms with Crippen molar-refractivity contribution in [3.63, 3.8) is 0 Å². The molecule has 2 rings (SSSR count). The van der Waals surface area contributed by atoms with Crippen LogP contribution in [0.3, 0.4) is 0 Å². The third kappa shape index (κ3) is 19.0. The molecule has 0 saturated carbocycles. The highest BCUT2D eigenvalue weighted by molar-refractivity contribution is 5.69. The zero-order valence-corrected chi connectivity index (χ0v) is 32.3. The predicted molar refractivity (Wildman–Crippen MR) is 197 cm³/mol. The van der Waals surface area contributed by atoms with Gasteiger partial charge >= 0.3 is 5.97 Å². The van der Waals surface area contributed by atoms with E-state index in [1.165, 1.54) is 44.9 Å². The van der Waals surface area contributed by atoms with Gasteiger partial charge in [0.25, 0.3) is 0 Å². The van der Waals surface area contributed by atoms with Crippen molar-refractivity contribution in [3.05, 3.63) is 12.2 Å². The fourth-order valence-electron chi connectivity index (χ4n) is 6.32. The average Bonchev–Trinajstić information content (AvgIpc) is 3.15. The molecule has 2 aliphatic rings. The summed E-state index contributed by atoms with van der Waals surface area (Å²) >= 11 is 0. The lowest BCUT2D eigenvalue weighted by Gasteiger charge is -2.42. The van der Waals surface area contributed by atoms with Crippen LogP contribution in [0.15, 0.2) is 12.2 Å². The van der Waals surface area contributed by atoms with Gasteiger partial charge < -0.3 is 64.2 Å². The smallest absolute Gasteiger partial charge is 0.306 e. The number of rotatable bonds is 30. The summed E-state index contributed by atoms with van der Waals surface area (Å²) < 4.78 is 33.9. The fraction of sp³-hybridized carbons (Fsp3) is 0.923. The van der Waals surface area contributed by atoms with Crippen molar-refractivity contribution in [2.45, 2.75) is 197 Å². The molecule has 11 unspecified atom stereocenters. The molecule has 0 aromatic carbocycles. The van der Waals surface area contributed by atoms with Crippen LogP contribution in [0.1, 0.15) is 129 Å². The Hall–Kier alpha value is -1.27. The van der Waals surface area contributed by atoms with E-state index >= 15 is 0 Å². The lowest BCUT2D eigenvalue weighted by Crippen LogP contribution is -2.61. The molecule has 2 saturated heterocycles. The largest absolute Gasteiger partial charge is 0.457 e. The minimum Gasteiger partial charge on any atom is -0.457 e. The monoisotopic (exact) mass is 764 g/mol. The molecule has 7 N–H and O–H groups in total. The Morgan fingerprint density at radius 2 is 1.13 bits per heavy atom. The molecule has 2 heterocycles. The quantitative estimate of drug-likeness (QED) is 0.0318. The zero-order chi connectivity index (χ0) is 38.8. The highest BCUT2D eigenvalue weighted by Gasteiger charge is 2.47. The highest BCUT2D eigenvalue weighted by atomic mass is 16.7. The van der Waals surface area contributed by atoms with Gasteiger partial charge in [0.1, 0.15) is 54.9 Å². The molecular formula is C39H72O14. The Kier molecular flexibility index (Phi) is 26.2. The van der Waals surface area contributed by atoms with Gasteiger partial charge in [-0.05, 0) is 32.1 Å². The first kappa shape index (κ1) is 47.9. The van der Waals surface area contributed by atoms with E-state index in [1.54, 1.807) is 0 Å². The summed E-state index contributed by atoms with van der Waals surface area (Å²) in [4.78, 5) is 12.8. The van der Waals surface area contributed by atoms with Gasteiger partial charge in [-0.1, -0.05) is 103 Å². The SMILES string of the molecule is CCCC/C=C\CCCCCCCC(=O)OC(COCCCCCCCCCC)COC1OC(COC2OC(CO)C(O)C(O)C2O)C(O)C(O)C1O. The second kappa shape index (κ2) is 29.0. The summed E-state index contributed by atoms with van der Waals surface area (Å²) in [6.07, 6.45) is 7.35. The van der Waals surface area contributed by atoms with Crippen LogP contribution in [0, 0.1) is 0 Å². The van der Waals surface area contributed by atoms with Crippen LogP contribution in [0.25, 0.3) is 0 Å². The van der Waals surface area contributed by atoms with E-state index in [4.69, 9.17) is 28.4 Å². The molecule has 14 heteroatoms. The molecule has 0 bridgehead atoms. The molecule has 2 fully saturated rings. The summed E-state index contributed by atoms with van der Waals surface area (Å²) in [5, 5.41) is 71.6. The molecule has 0 aromatic rings. The fourth-order valence-corrected chi connectivity index (χ4v) is 6.32. The zero-order valence-electron chi connectivity index (χ0n) is 32.3. The Balaban J connectivity index is 1.86. The molecule has 11 atom stereocenters. The number of ether oxygens (including phenoxy) is 6. The first-order valence-corrected chi connectivity index (χ1v) is 20.3. The topological polar surface area (TPSA) is 214 Å². The second-order valence-corrected chi connectivity index (χ2v) is 14.5. The summed E-state index contributed by atoms with van der Waals surface area (Å²) in [7, 11) is 0. The first-order valence-electron chi connectivity index (χ1n) is 20.3. The van der Waals surface area contributed by atoms with E-state index < -0.39 is 80.7 Å². The Morgan fingerprint density at radius 1 is 0.604 bits per heavy atom. The molecule has 0 spiro atoms. The third-order valence-corrected chi connectivity index (χ3v) is 9.77. The Bertz CT molecular complexity index is 938. The summed E-state index contributed by atoms with van der Waals surface area (Å²) in [6.45, 7) is 3.58. The average molecular weight is 765 g/mol. The predicted octanol–water partition coefficient (Wildman–Crippen LogP) is 3.17. The molecule has 312 valence electrons. The van der Waals surface area contributed by atoms with Gasteiger partial charge in [0, 0.05) is 13.0 Å². The van der Waals surface area contributed by atoms with E-state index in [-0.39, 0.29) is 25.6 Å². The molecular weight excluding hydrogens is 692 g/mol. The normalized spacial score (nSPS) is 29.8. The van der Waals surface area contributed by atoms with E-state index in [0.717, 1.165) is 57.8 Å². The second-order valence-electron chi connectivity index (χ2n) is 14.5. The van der Waals surface area contributed by atoms with Gasteiger partial charge in [-0.2, -0.15) is 0 Å². The third-order valence-electron chi connectivity index (χ3n) is 9.77. The number of unbranched alkanes of at least 4 members (excludes halogenated alkanes) is 14. The van der Waals surface area contributed by atoms with Crippen molar-refractivity contribution in [2.24, 2.45) is 0 Å². The minimum atomic E-state index is -1.70. The molecule has 0 aliphatic carbocycles. The number of aliphatic hydroxyl groups is 7. The van der Waals surface area contributed by atoms with E-state index in [9.17, 15) is 40.5 Å². The molecule has 0 amide bonds. The van der Waals surface area contributed by atoms with Crippen LogP contribution in [0.5, 0.6) is 0 Å². The number of carbonyl (C=O) groups is 1. The van der Waals surface area contributed by atoms with Crippen molar-refractivity contribution in [1.82, 2.24) is 0 Å². The van der Waals surface area contributed by atoms with Crippen LogP contribution in [0.2, 0.25) is 0 Å². The van der Waals surface area contributed by atoms with Crippen molar-refractivity contribution >= 4 is 5.97 Å². The molecule has 14 nitrogen and oxygen atoms in total. The summed E-state index contributed by atoms with van der Waals surface area (Å²) in [6, 6.07) is 0. The van der Waals surface area contributed by atoms with Crippen molar-refractivity contribution in [2.75, 3.05) is 33.0 Å². The standard InChI is InChI=1S/C39H72O14/c1-3-5-7-9-11-13-14-15-16-18-20-22-31(41)51-28(25-48-23-21-19-17-12-10-8-6-4-2)26-49-38-37(47)35(45)33(43)30(53-38)27-50-39-36(46)34(44)32(42)29(24-40)52-39/h9,11,28-30,32-40,42-47H,3-8,10,12-27H2,1-2H3/b11-9-. The first-order chi connectivity index (χ1) is 25.6. The minimum absolute atomic E-state index is 0.0612. The maximum atomic E-state index is 12.8. The molecule has 2 aliphatic heterocycles.